The average Bonchev–Trinajstić information content (AvgIpc) is 2.81. The number of rotatable bonds is 5. The van der Waals surface area contributed by atoms with Crippen molar-refractivity contribution in [1.29, 1.82) is 0 Å². The van der Waals surface area contributed by atoms with E-state index < -0.39 is 35.2 Å². The van der Waals surface area contributed by atoms with E-state index in [4.69, 9.17) is 4.74 Å². The molecule has 2 aromatic rings. The van der Waals surface area contributed by atoms with Gasteiger partial charge >= 0.3 is 12.4 Å². The number of hydrogen-bond acceptors (Lipinski definition) is 8. The van der Waals surface area contributed by atoms with Gasteiger partial charge in [-0.3, -0.25) is 0 Å². The van der Waals surface area contributed by atoms with Gasteiger partial charge in [-0.15, -0.1) is 0 Å². The third-order valence-corrected chi connectivity index (χ3v) is 6.45. The quantitative estimate of drug-likeness (QED) is 0.548. The standard InChI is InChI=1S/C23H28F7N7O/c1-12-8-36(19-18(24)4-14(6-31-19)22(25,26)27)10-15(33-12)5-16-11-37(9-13(2)34-16)21-32-7-17(23(28,29)30)20(35-21)38-3/h4,6-7,12-13,15-16,33-34H,5,8-11H2,1-3H3/t12-,13+,15+,16-/m1/s1. The molecule has 2 fully saturated rings. The molecule has 2 aliphatic rings. The highest BCUT2D eigenvalue weighted by atomic mass is 19.4. The van der Waals surface area contributed by atoms with Crippen LogP contribution in [0.4, 0.5) is 42.5 Å². The van der Waals surface area contributed by atoms with Crippen molar-refractivity contribution in [3.63, 3.8) is 0 Å². The Morgan fingerprint density at radius 2 is 1.50 bits per heavy atom. The maximum atomic E-state index is 14.6. The third-order valence-electron chi connectivity index (χ3n) is 6.45. The van der Waals surface area contributed by atoms with Crippen molar-refractivity contribution in [1.82, 2.24) is 25.6 Å². The monoisotopic (exact) mass is 551 g/mol. The molecule has 210 valence electrons. The van der Waals surface area contributed by atoms with Gasteiger partial charge < -0.3 is 25.2 Å². The molecule has 2 saturated heterocycles. The van der Waals surface area contributed by atoms with Crippen LogP contribution in [-0.2, 0) is 12.4 Å². The summed E-state index contributed by atoms with van der Waals surface area (Å²) in [5.41, 5.74) is -2.21. The first-order valence-corrected chi connectivity index (χ1v) is 12.0. The summed E-state index contributed by atoms with van der Waals surface area (Å²) in [6, 6.07) is -0.000695. The molecule has 0 bridgehead atoms. The maximum Gasteiger partial charge on any atom is 0.423 e. The van der Waals surface area contributed by atoms with Crippen molar-refractivity contribution in [2.75, 3.05) is 43.1 Å². The molecule has 0 amide bonds. The number of aromatic nitrogens is 3. The van der Waals surface area contributed by atoms with Crippen LogP contribution in [0.5, 0.6) is 5.88 Å². The number of hydrogen-bond donors (Lipinski definition) is 2. The van der Waals surface area contributed by atoms with Gasteiger partial charge in [0.2, 0.25) is 11.8 Å². The summed E-state index contributed by atoms with van der Waals surface area (Å²) >= 11 is 0. The van der Waals surface area contributed by atoms with Gasteiger partial charge in [0.05, 0.1) is 12.7 Å². The van der Waals surface area contributed by atoms with Crippen molar-refractivity contribution in [3.8, 4) is 5.88 Å². The molecule has 38 heavy (non-hydrogen) atoms. The molecule has 0 saturated carbocycles. The van der Waals surface area contributed by atoms with Crippen LogP contribution in [0.3, 0.4) is 0 Å². The summed E-state index contributed by atoms with van der Waals surface area (Å²) in [5, 5.41) is 6.87. The van der Waals surface area contributed by atoms with E-state index in [0.29, 0.717) is 51.1 Å². The fourth-order valence-electron chi connectivity index (χ4n) is 5.00. The molecule has 0 radical (unpaired) electrons. The van der Waals surface area contributed by atoms with E-state index in [1.54, 1.807) is 9.80 Å². The lowest BCUT2D eigenvalue weighted by atomic mass is 9.99. The zero-order chi connectivity index (χ0) is 27.8. The highest BCUT2D eigenvalue weighted by Gasteiger charge is 2.38. The van der Waals surface area contributed by atoms with E-state index in [-0.39, 0.29) is 35.9 Å². The summed E-state index contributed by atoms with van der Waals surface area (Å²) < 4.78 is 97.8. The minimum Gasteiger partial charge on any atom is -0.480 e. The van der Waals surface area contributed by atoms with Crippen molar-refractivity contribution in [3.05, 3.63) is 35.4 Å². The summed E-state index contributed by atoms with van der Waals surface area (Å²) in [5.74, 6) is -1.64. The van der Waals surface area contributed by atoms with Crippen molar-refractivity contribution in [2.24, 2.45) is 0 Å². The molecule has 8 nitrogen and oxygen atoms in total. The van der Waals surface area contributed by atoms with Crippen LogP contribution in [0.25, 0.3) is 0 Å². The third kappa shape index (κ3) is 6.37. The van der Waals surface area contributed by atoms with E-state index in [2.05, 4.69) is 25.6 Å². The lowest BCUT2D eigenvalue weighted by Gasteiger charge is -2.43. The van der Waals surface area contributed by atoms with Crippen LogP contribution in [-0.4, -0.2) is 72.4 Å². The molecule has 0 aliphatic carbocycles. The van der Waals surface area contributed by atoms with E-state index in [9.17, 15) is 30.7 Å². The molecule has 4 heterocycles. The van der Waals surface area contributed by atoms with Gasteiger partial charge in [-0.05, 0) is 26.3 Å². The fraction of sp³-hybridized carbons (Fsp3) is 0.609. The molecule has 2 aromatic heterocycles. The lowest BCUT2D eigenvalue weighted by Crippen LogP contribution is -2.61. The SMILES string of the molecule is COc1nc(N2C[C@@H](C[C@H]3CN(c4ncc(C(F)(F)F)cc4F)C[C@@H](C)N3)N[C@@H](C)C2)ncc1C(F)(F)F. The number of nitrogens with one attached hydrogen (secondary N) is 2. The van der Waals surface area contributed by atoms with E-state index in [0.717, 1.165) is 7.11 Å². The van der Waals surface area contributed by atoms with Gasteiger partial charge in [0.15, 0.2) is 11.6 Å². The van der Waals surface area contributed by atoms with Crippen LogP contribution >= 0.6 is 0 Å². The first-order chi connectivity index (χ1) is 17.7. The number of alkyl halides is 6. The fourth-order valence-corrected chi connectivity index (χ4v) is 5.00. The second kappa shape index (κ2) is 10.7. The smallest absolute Gasteiger partial charge is 0.423 e. The average molecular weight is 552 g/mol. The minimum absolute atomic E-state index is 0.0446. The molecule has 2 N–H and O–H groups in total. The van der Waals surface area contributed by atoms with Gasteiger partial charge in [0, 0.05) is 62.7 Å². The number of ether oxygens (including phenoxy) is 1. The Labute approximate surface area is 214 Å². The lowest BCUT2D eigenvalue weighted by molar-refractivity contribution is -0.139. The summed E-state index contributed by atoms with van der Waals surface area (Å²) in [6.07, 6.45) is -7.47. The number of halogens is 7. The summed E-state index contributed by atoms with van der Waals surface area (Å²) in [6.45, 7) is 5.30. The second-order valence-corrected chi connectivity index (χ2v) is 9.69. The van der Waals surface area contributed by atoms with Gasteiger partial charge in [-0.25, -0.2) is 14.4 Å². The Morgan fingerprint density at radius 1 is 0.895 bits per heavy atom. The Morgan fingerprint density at radius 3 is 2.05 bits per heavy atom. The Balaban J connectivity index is 1.47. The maximum absolute atomic E-state index is 14.6. The van der Waals surface area contributed by atoms with Crippen molar-refractivity contribution in [2.45, 2.75) is 56.8 Å². The molecule has 0 spiro atoms. The largest absolute Gasteiger partial charge is 0.480 e. The van der Waals surface area contributed by atoms with Gasteiger partial charge in [0.25, 0.3) is 0 Å². The topological polar surface area (TPSA) is 78.4 Å². The highest BCUT2D eigenvalue weighted by Crippen LogP contribution is 2.35. The first kappa shape index (κ1) is 28.1. The van der Waals surface area contributed by atoms with Gasteiger partial charge in [-0.2, -0.15) is 31.3 Å². The number of pyridine rings is 1. The van der Waals surface area contributed by atoms with Crippen LogP contribution in [0.15, 0.2) is 18.5 Å². The highest BCUT2D eigenvalue weighted by molar-refractivity contribution is 5.43. The van der Waals surface area contributed by atoms with Crippen LogP contribution in [0.2, 0.25) is 0 Å². The Bertz CT molecular complexity index is 1130. The molecule has 0 aromatic carbocycles. The van der Waals surface area contributed by atoms with E-state index >= 15 is 0 Å². The van der Waals surface area contributed by atoms with Crippen LogP contribution in [0, 0.1) is 5.82 Å². The van der Waals surface area contributed by atoms with E-state index in [1.807, 2.05) is 13.8 Å². The molecule has 15 heteroatoms. The molecular weight excluding hydrogens is 523 g/mol. The minimum atomic E-state index is -4.69. The molecule has 2 aliphatic heterocycles. The summed E-state index contributed by atoms with van der Waals surface area (Å²) in [7, 11) is 1.11. The van der Waals surface area contributed by atoms with Crippen molar-refractivity contribution >= 4 is 11.8 Å². The number of anilines is 2. The van der Waals surface area contributed by atoms with Crippen LogP contribution in [0.1, 0.15) is 31.4 Å². The van der Waals surface area contributed by atoms with Crippen molar-refractivity contribution < 1.29 is 35.5 Å². The summed E-state index contributed by atoms with van der Waals surface area (Å²) in [4.78, 5) is 15.1. The normalized spacial score (nSPS) is 25.0. The molecule has 4 atom stereocenters. The predicted molar refractivity (Wildman–Crippen MR) is 125 cm³/mol. The molecule has 0 unspecified atom stereocenters. The second-order valence-electron chi connectivity index (χ2n) is 9.69. The Kier molecular flexibility index (Phi) is 7.89. The Hall–Kier alpha value is -2.94. The van der Waals surface area contributed by atoms with Crippen LogP contribution < -0.4 is 25.2 Å². The number of piperazine rings is 2. The van der Waals surface area contributed by atoms with Gasteiger partial charge in [-0.1, -0.05) is 0 Å². The zero-order valence-electron chi connectivity index (χ0n) is 20.9. The zero-order valence-corrected chi connectivity index (χ0v) is 20.9. The number of nitrogens with zero attached hydrogens (tertiary/aromatic N) is 5. The predicted octanol–water partition coefficient (Wildman–Crippen LogP) is 3.48. The first-order valence-electron chi connectivity index (χ1n) is 12.0. The van der Waals surface area contributed by atoms with Gasteiger partial charge in [0.1, 0.15) is 5.56 Å². The van der Waals surface area contributed by atoms with E-state index in [1.165, 1.54) is 0 Å². The number of methoxy groups -OCH3 is 1. The molecular formula is C23H28F7N7O. The molecule has 4 rings (SSSR count).